The molecule has 2 aromatic rings. The van der Waals surface area contributed by atoms with Gasteiger partial charge in [0.25, 0.3) is 0 Å². The zero-order chi connectivity index (χ0) is 13.8. The van der Waals surface area contributed by atoms with E-state index in [1.165, 1.54) is 24.3 Å². The lowest BCUT2D eigenvalue weighted by atomic mass is 10.1. The number of nitrogens with one attached hydrogen (secondary N) is 1. The van der Waals surface area contributed by atoms with Crippen LogP contribution in [-0.4, -0.2) is 6.54 Å². The Balaban J connectivity index is 2.30. The first-order valence-electron chi connectivity index (χ1n) is 5.78. The first-order chi connectivity index (χ1) is 9.11. The minimum absolute atomic E-state index is 0.0195. The molecule has 3 N–H and O–H groups in total. The van der Waals surface area contributed by atoms with Crippen molar-refractivity contribution in [2.24, 2.45) is 5.73 Å². The standard InChI is InChI=1S/C14H13F3N2/c15-9-3-1-4-10(7-9)19-13(8-18)14-11(16)5-2-6-12(14)17/h1-7,13,19H,8,18H2. The van der Waals surface area contributed by atoms with E-state index in [0.717, 1.165) is 12.1 Å². The second-order valence-corrected chi connectivity index (χ2v) is 4.08. The van der Waals surface area contributed by atoms with Crippen LogP contribution < -0.4 is 11.1 Å². The lowest BCUT2D eigenvalue weighted by Crippen LogP contribution is -2.23. The van der Waals surface area contributed by atoms with Gasteiger partial charge in [-0.15, -0.1) is 0 Å². The Hall–Kier alpha value is -2.01. The molecule has 0 aromatic heterocycles. The first-order valence-corrected chi connectivity index (χ1v) is 5.78. The van der Waals surface area contributed by atoms with Gasteiger partial charge >= 0.3 is 0 Å². The van der Waals surface area contributed by atoms with Gasteiger partial charge in [-0.1, -0.05) is 12.1 Å². The fourth-order valence-corrected chi connectivity index (χ4v) is 1.87. The van der Waals surface area contributed by atoms with Gasteiger partial charge in [-0.05, 0) is 30.3 Å². The number of hydrogen-bond donors (Lipinski definition) is 2. The van der Waals surface area contributed by atoms with Gasteiger partial charge in [-0.3, -0.25) is 0 Å². The van der Waals surface area contributed by atoms with E-state index in [9.17, 15) is 13.2 Å². The Labute approximate surface area is 109 Å². The largest absolute Gasteiger partial charge is 0.377 e. The number of hydrogen-bond acceptors (Lipinski definition) is 2. The monoisotopic (exact) mass is 266 g/mol. The van der Waals surface area contributed by atoms with Crippen LogP contribution in [0.1, 0.15) is 11.6 Å². The number of benzene rings is 2. The second-order valence-electron chi connectivity index (χ2n) is 4.08. The van der Waals surface area contributed by atoms with Gasteiger partial charge in [0.15, 0.2) is 0 Å². The van der Waals surface area contributed by atoms with Gasteiger partial charge in [0.2, 0.25) is 0 Å². The molecule has 0 fully saturated rings. The van der Waals surface area contributed by atoms with Gasteiger partial charge < -0.3 is 11.1 Å². The fourth-order valence-electron chi connectivity index (χ4n) is 1.87. The summed E-state index contributed by atoms with van der Waals surface area (Å²) in [6.07, 6.45) is 0. The topological polar surface area (TPSA) is 38.0 Å². The van der Waals surface area contributed by atoms with Crippen molar-refractivity contribution in [3.05, 3.63) is 65.5 Å². The number of nitrogens with two attached hydrogens (primary N) is 1. The Morgan fingerprint density at radius 3 is 2.21 bits per heavy atom. The molecule has 1 unspecified atom stereocenters. The average Bonchev–Trinajstić information content (AvgIpc) is 2.37. The summed E-state index contributed by atoms with van der Waals surface area (Å²) in [6.45, 7) is -0.0195. The number of halogens is 3. The highest BCUT2D eigenvalue weighted by atomic mass is 19.1. The van der Waals surface area contributed by atoms with Crippen LogP contribution in [0, 0.1) is 17.5 Å². The highest BCUT2D eigenvalue weighted by Gasteiger charge is 2.18. The summed E-state index contributed by atoms with van der Waals surface area (Å²) in [5.74, 6) is -1.80. The minimum Gasteiger partial charge on any atom is -0.377 e. The predicted octanol–water partition coefficient (Wildman–Crippen LogP) is 3.22. The summed E-state index contributed by atoms with van der Waals surface area (Å²) in [7, 11) is 0. The molecule has 0 radical (unpaired) electrons. The Kier molecular flexibility index (Phi) is 4.06. The van der Waals surface area contributed by atoms with Crippen LogP contribution in [0.3, 0.4) is 0 Å². The predicted molar refractivity (Wildman–Crippen MR) is 68.2 cm³/mol. The molecule has 0 heterocycles. The summed E-state index contributed by atoms with van der Waals surface area (Å²) in [4.78, 5) is 0. The molecule has 2 aromatic carbocycles. The Morgan fingerprint density at radius 1 is 1.00 bits per heavy atom. The van der Waals surface area contributed by atoms with Crippen molar-refractivity contribution in [2.45, 2.75) is 6.04 Å². The van der Waals surface area contributed by atoms with E-state index in [4.69, 9.17) is 5.73 Å². The molecule has 0 saturated heterocycles. The quantitative estimate of drug-likeness (QED) is 0.891. The molecule has 1 atom stereocenters. The van der Waals surface area contributed by atoms with Crippen molar-refractivity contribution in [1.82, 2.24) is 0 Å². The molecule has 5 heteroatoms. The van der Waals surface area contributed by atoms with Crippen molar-refractivity contribution >= 4 is 5.69 Å². The van der Waals surface area contributed by atoms with Crippen molar-refractivity contribution in [2.75, 3.05) is 11.9 Å². The van der Waals surface area contributed by atoms with Crippen LogP contribution >= 0.6 is 0 Å². The molecule has 19 heavy (non-hydrogen) atoms. The third-order valence-electron chi connectivity index (χ3n) is 2.75. The maximum Gasteiger partial charge on any atom is 0.131 e. The lowest BCUT2D eigenvalue weighted by Gasteiger charge is -2.19. The molecule has 0 aliphatic heterocycles. The summed E-state index contributed by atoms with van der Waals surface area (Å²) in [5.41, 5.74) is 5.81. The van der Waals surface area contributed by atoms with Crippen molar-refractivity contribution < 1.29 is 13.2 Å². The van der Waals surface area contributed by atoms with E-state index in [1.54, 1.807) is 6.07 Å². The molecule has 2 rings (SSSR count). The maximum absolute atomic E-state index is 13.7. The molecule has 0 amide bonds. The minimum atomic E-state index is -0.761. The number of rotatable bonds is 4. The average molecular weight is 266 g/mol. The zero-order valence-corrected chi connectivity index (χ0v) is 10.0. The molecule has 2 nitrogen and oxygen atoms in total. The highest BCUT2D eigenvalue weighted by Crippen LogP contribution is 2.24. The van der Waals surface area contributed by atoms with Crippen LogP contribution in [-0.2, 0) is 0 Å². The van der Waals surface area contributed by atoms with E-state index in [2.05, 4.69) is 5.32 Å². The smallest absolute Gasteiger partial charge is 0.131 e. The molecule has 100 valence electrons. The molecule has 0 saturated carbocycles. The number of anilines is 1. The van der Waals surface area contributed by atoms with Crippen LogP contribution in [0.25, 0.3) is 0 Å². The van der Waals surface area contributed by atoms with E-state index >= 15 is 0 Å². The van der Waals surface area contributed by atoms with Gasteiger partial charge in [0.1, 0.15) is 17.5 Å². The fraction of sp³-hybridized carbons (Fsp3) is 0.143. The van der Waals surface area contributed by atoms with Crippen molar-refractivity contribution in [1.29, 1.82) is 0 Å². The summed E-state index contributed by atoms with van der Waals surface area (Å²) in [6, 6.07) is 8.47. The summed E-state index contributed by atoms with van der Waals surface area (Å²) >= 11 is 0. The summed E-state index contributed by atoms with van der Waals surface area (Å²) in [5, 5.41) is 2.82. The first kappa shape index (κ1) is 13.4. The highest BCUT2D eigenvalue weighted by molar-refractivity contribution is 5.46. The normalized spacial score (nSPS) is 12.2. The zero-order valence-electron chi connectivity index (χ0n) is 10.0. The summed E-state index contributed by atoms with van der Waals surface area (Å²) < 4.78 is 40.4. The van der Waals surface area contributed by atoms with E-state index in [0.29, 0.717) is 5.69 Å². The van der Waals surface area contributed by atoms with Crippen LogP contribution in [0.4, 0.5) is 18.9 Å². The van der Waals surface area contributed by atoms with Crippen LogP contribution in [0.15, 0.2) is 42.5 Å². The molecule has 0 bridgehead atoms. The van der Waals surface area contributed by atoms with E-state index in [-0.39, 0.29) is 12.1 Å². The van der Waals surface area contributed by atoms with Gasteiger partial charge in [-0.25, -0.2) is 13.2 Å². The molecule has 0 aliphatic carbocycles. The SMILES string of the molecule is NCC(Nc1cccc(F)c1)c1c(F)cccc1F. The molecular formula is C14H13F3N2. The third-order valence-corrected chi connectivity index (χ3v) is 2.75. The van der Waals surface area contributed by atoms with Crippen LogP contribution in [0.5, 0.6) is 0 Å². The van der Waals surface area contributed by atoms with Crippen molar-refractivity contribution in [3.63, 3.8) is 0 Å². The Bertz CT molecular complexity index is 552. The third kappa shape index (κ3) is 3.06. The molecular weight excluding hydrogens is 253 g/mol. The van der Waals surface area contributed by atoms with E-state index in [1.807, 2.05) is 0 Å². The van der Waals surface area contributed by atoms with Gasteiger partial charge in [-0.2, -0.15) is 0 Å². The lowest BCUT2D eigenvalue weighted by molar-refractivity contribution is 0.537. The van der Waals surface area contributed by atoms with Crippen molar-refractivity contribution in [3.8, 4) is 0 Å². The molecule has 0 spiro atoms. The van der Waals surface area contributed by atoms with Gasteiger partial charge in [0.05, 0.1) is 6.04 Å². The Morgan fingerprint density at radius 2 is 1.63 bits per heavy atom. The van der Waals surface area contributed by atoms with E-state index < -0.39 is 23.5 Å². The second kappa shape index (κ2) is 5.75. The van der Waals surface area contributed by atoms with Gasteiger partial charge in [0, 0.05) is 17.8 Å². The molecule has 0 aliphatic rings. The maximum atomic E-state index is 13.7. The van der Waals surface area contributed by atoms with Crippen LogP contribution in [0.2, 0.25) is 0 Å².